The fourth-order valence-electron chi connectivity index (χ4n) is 1.24. The van der Waals surface area contributed by atoms with E-state index in [1.54, 1.807) is 6.26 Å². The summed E-state index contributed by atoms with van der Waals surface area (Å²) in [6.45, 7) is 2.19. The first-order valence-electron chi connectivity index (χ1n) is 4.80. The van der Waals surface area contributed by atoms with E-state index in [9.17, 15) is 4.21 Å². The van der Waals surface area contributed by atoms with Crippen molar-refractivity contribution in [3.8, 4) is 0 Å². The Balaban J connectivity index is 1.73. The van der Waals surface area contributed by atoms with E-state index in [1.165, 1.54) is 19.3 Å². The maximum absolute atomic E-state index is 10.7. The average Bonchev–Trinajstić information content (AvgIpc) is 2.79. The first-order chi connectivity index (χ1) is 5.79. The minimum atomic E-state index is -0.607. The second kappa shape index (κ2) is 5.70. The molecule has 12 heavy (non-hydrogen) atoms. The second-order valence-corrected chi connectivity index (χ2v) is 5.17. The highest BCUT2D eigenvalue weighted by Crippen LogP contribution is 2.31. The van der Waals surface area contributed by atoms with Crippen LogP contribution in [0.4, 0.5) is 0 Å². The van der Waals surface area contributed by atoms with E-state index in [0.29, 0.717) is 0 Å². The van der Waals surface area contributed by atoms with Crippen LogP contribution in [0.2, 0.25) is 0 Å². The van der Waals surface area contributed by atoms with Crippen LogP contribution < -0.4 is 5.32 Å². The molecule has 0 aromatic rings. The summed E-state index contributed by atoms with van der Waals surface area (Å²) in [6.07, 6.45) is 7.05. The van der Waals surface area contributed by atoms with E-state index in [0.717, 1.165) is 31.2 Å². The van der Waals surface area contributed by atoms with Crippen molar-refractivity contribution in [2.45, 2.75) is 25.7 Å². The van der Waals surface area contributed by atoms with Gasteiger partial charge in [0, 0.05) is 22.8 Å². The SMILES string of the molecule is CS(=O)CCCNCCC1CC1. The highest BCUT2D eigenvalue weighted by atomic mass is 32.2. The smallest absolute Gasteiger partial charge is 0.0244 e. The number of rotatable bonds is 7. The van der Waals surface area contributed by atoms with Crippen LogP contribution in [0.15, 0.2) is 0 Å². The Morgan fingerprint density at radius 2 is 2.17 bits per heavy atom. The molecular formula is C9H19NOS. The highest BCUT2D eigenvalue weighted by Gasteiger charge is 2.19. The van der Waals surface area contributed by atoms with Crippen LogP contribution in [0.1, 0.15) is 25.7 Å². The predicted octanol–water partition coefficient (Wildman–Crippen LogP) is 1.14. The summed E-state index contributed by atoms with van der Waals surface area (Å²) in [5.41, 5.74) is 0. The van der Waals surface area contributed by atoms with E-state index in [-0.39, 0.29) is 0 Å². The van der Waals surface area contributed by atoms with E-state index in [1.807, 2.05) is 0 Å². The van der Waals surface area contributed by atoms with Crippen molar-refractivity contribution in [3.63, 3.8) is 0 Å². The summed E-state index contributed by atoms with van der Waals surface area (Å²) >= 11 is 0. The van der Waals surface area contributed by atoms with Gasteiger partial charge in [-0.1, -0.05) is 12.8 Å². The van der Waals surface area contributed by atoms with Crippen LogP contribution in [0.5, 0.6) is 0 Å². The summed E-state index contributed by atoms with van der Waals surface area (Å²) in [4.78, 5) is 0. The summed E-state index contributed by atoms with van der Waals surface area (Å²) in [5.74, 6) is 1.87. The van der Waals surface area contributed by atoms with E-state index >= 15 is 0 Å². The minimum Gasteiger partial charge on any atom is -0.317 e. The first kappa shape index (κ1) is 10.2. The van der Waals surface area contributed by atoms with Gasteiger partial charge in [0.1, 0.15) is 0 Å². The Morgan fingerprint density at radius 1 is 1.42 bits per heavy atom. The third-order valence-corrected chi connectivity index (χ3v) is 3.08. The topological polar surface area (TPSA) is 29.1 Å². The lowest BCUT2D eigenvalue weighted by Crippen LogP contribution is -2.18. The van der Waals surface area contributed by atoms with Crippen molar-refractivity contribution >= 4 is 10.8 Å². The van der Waals surface area contributed by atoms with Crippen LogP contribution in [-0.2, 0) is 10.8 Å². The molecule has 1 N–H and O–H groups in total. The average molecular weight is 189 g/mol. The standard InChI is InChI=1S/C9H19NOS/c1-12(11)8-2-6-10-7-5-9-3-4-9/h9-10H,2-8H2,1H3. The monoisotopic (exact) mass is 189 g/mol. The Hall–Kier alpha value is 0.110. The fraction of sp³-hybridized carbons (Fsp3) is 1.00. The van der Waals surface area contributed by atoms with Gasteiger partial charge in [0.15, 0.2) is 0 Å². The van der Waals surface area contributed by atoms with Crippen molar-refractivity contribution in [2.24, 2.45) is 5.92 Å². The molecule has 0 aromatic carbocycles. The lowest BCUT2D eigenvalue weighted by atomic mass is 10.3. The summed E-state index contributed by atoms with van der Waals surface area (Å²) in [6, 6.07) is 0. The van der Waals surface area contributed by atoms with Crippen LogP contribution >= 0.6 is 0 Å². The quantitative estimate of drug-likeness (QED) is 0.609. The molecule has 0 amide bonds. The Labute approximate surface area is 77.6 Å². The van der Waals surface area contributed by atoms with E-state index in [2.05, 4.69) is 5.32 Å². The van der Waals surface area contributed by atoms with E-state index < -0.39 is 10.8 Å². The van der Waals surface area contributed by atoms with Gasteiger partial charge in [0.2, 0.25) is 0 Å². The van der Waals surface area contributed by atoms with Crippen molar-refractivity contribution in [2.75, 3.05) is 25.1 Å². The maximum atomic E-state index is 10.7. The summed E-state index contributed by atoms with van der Waals surface area (Å²) < 4.78 is 10.7. The molecule has 0 heterocycles. The molecule has 1 fully saturated rings. The number of nitrogens with one attached hydrogen (secondary N) is 1. The van der Waals surface area contributed by atoms with Gasteiger partial charge in [-0.15, -0.1) is 0 Å². The molecule has 0 radical (unpaired) electrons. The minimum absolute atomic E-state index is 0.607. The molecule has 2 nitrogen and oxygen atoms in total. The molecule has 1 saturated carbocycles. The fourth-order valence-corrected chi connectivity index (χ4v) is 1.79. The van der Waals surface area contributed by atoms with Crippen molar-refractivity contribution in [3.05, 3.63) is 0 Å². The van der Waals surface area contributed by atoms with Gasteiger partial charge in [-0.2, -0.15) is 0 Å². The van der Waals surface area contributed by atoms with Crippen molar-refractivity contribution < 1.29 is 4.21 Å². The van der Waals surface area contributed by atoms with Crippen LogP contribution in [-0.4, -0.2) is 29.3 Å². The zero-order valence-electron chi connectivity index (χ0n) is 7.84. The Bertz CT molecular complexity index is 145. The first-order valence-corrected chi connectivity index (χ1v) is 6.52. The molecule has 1 aliphatic rings. The van der Waals surface area contributed by atoms with Gasteiger partial charge >= 0.3 is 0 Å². The van der Waals surface area contributed by atoms with Crippen LogP contribution in [0, 0.1) is 5.92 Å². The third-order valence-electron chi connectivity index (χ3n) is 2.21. The molecule has 1 atom stereocenters. The molecule has 72 valence electrons. The molecule has 0 saturated heterocycles. The maximum Gasteiger partial charge on any atom is 0.0244 e. The molecule has 0 aromatic heterocycles. The van der Waals surface area contributed by atoms with Gasteiger partial charge in [-0.05, 0) is 31.8 Å². The molecule has 0 spiro atoms. The highest BCUT2D eigenvalue weighted by molar-refractivity contribution is 7.84. The second-order valence-electron chi connectivity index (χ2n) is 3.61. The normalized spacial score (nSPS) is 19.4. The molecule has 1 unspecified atom stereocenters. The molecule has 1 aliphatic carbocycles. The Morgan fingerprint density at radius 3 is 2.75 bits per heavy atom. The molecule has 1 rings (SSSR count). The molecule has 0 bridgehead atoms. The molecule has 0 aliphatic heterocycles. The van der Waals surface area contributed by atoms with Crippen LogP contribution in [0.3, 0.4) is 0 Å². The van der Waals surface area contributed by atoms with E-state index in [4.69, 9.17) is 0 Å². The summed E-state index contributed by atoms with van der Waals surface area (Å²) in [5, 5.41) is 3.38. The van der Waals surface area contributed by atoms with Gasteiger partial charge in [-0.25, -0.2) is 0 Å². The van der Waals surface area contributed by atoms with Gasteiger partial charge < -0.3 is 5.32 Å². The zero-order valence-corrected chi connectivity index (χ0v) is 8.66. The lowest BCUT2D eigenvalue weighted by molar-refractivity contribution is 0.607. The zero-order chi connectivity index (χ0) is 8.81. The molecule has 3 heteroatoms. The lowest BCUT2D eigenvalue weighted by Gasteiger charge is -2.02. The largest absolute Gasteiger partial charge is 0.317 e. The summed E-state index contributed by atoms with van der Waals surface area (Å²) in [7, 11) is -0.607. The van der Waals surface area contributed by atoms with Gasteiger partial charge in [0.05, 0.1) is 0 Å². The Kier molecular flexibility index (Phi) is 4.84. The number of hydrogen-bond donors (Lipinski definition) is 1. The number of hydrogen-bond acceptors (Lipinski definition) is 2. The van der Waals surface area contributed by atoms with Crippen molar-refractivity contribution in [1.82, 2.24) is 5.32 Å². The van der Waals surface area contributed by atoms with Crippen LogP contribution in [0.25, 0.3) is 0 Å². The third kappa shape index (κ3) is 5.72. The van der Waals surface area contributed by atoms with Gasteiger partial charge in [-0.3, -0.25) is 4.21 Å². The molecular weight excluding hydrogens is 170 g/mol. The predicted molar refractivity (Wildman–Crippen MR) is 53.8 cm³/mol. The van der Waals surface area contributed by atoms with Crippen molar-refractivity contribution in [1.29, 1.82) is 0 Å². The van der Waals surface area contributed by atoms with Gasteiger partial charge in [0.25, 0.3) is 0 Å².